The molecule has 23 heavy (non-hydrogen) atoms. The number of nitrogens with zero attached hydrogens (tertiary/aromatic N) is 2. The molecule has 0 radical (unpaired) electrons. The van der Waals surface area contributed by atoms with Gasteiger partial charge in [-0.15, -0.1) is 11.3 Å². The molecule has 3 aromatic rings. The molecule has 0 amide bonds. The molecule has 0 saturated heterocycles. The third-order valence-electron chi connectivity index (χ3n) is 3.15. The molecule has 2 aromatic heterocycles. The van der Waals surface area contributed by atoms with Crippen LogP contribution >= 0.6 is 23.1 Å². The Morgan fingerprint density at radius 1 is 1.26 bits per heavy atom. The third-order valence-corrected chi connectivity index (χ3v) is 5.22. The maximum Gasteiger partial charge on any atom is 0.316 e. The average molecular weight is 344 g/mol. The van der Waals surface area contributed by atoms with E-state index in [9.17, 15) is 4.79 Å². The van der Waals surface area contributed by atoms with Crippen LogP contribution in [0.1, 0.15) is 13.3 Å². The highest BCUT2D eigenvalue weighted by molar-refractivity contribution is 8.00. The summed E-state index contributed by atoms with van der Waals surface area (Å²) in [4.78, 5) is 22.4. The Balaban J connectivity index is 1.81. The maximum atomic E-state index is 11.7. The van der Waals surface area contributed by atoms with Crippen molar-refractivity contribution in [3.05, 3.63) is 42.7 Å². The Morgan fingerprint density at radius 2 is 2.09 bits per heavy atom. The van der Waals surface area contributed by atoms with Crippen LogP contribution in [0.5, 0.6) is 0 Å². The second-order valence-corrected chi connectivity index (χ2v) is 6.88. The summed E-state index contributed by atoms with van der Waals surface area (Å²) in [6, 6.07) is 12.3. The predicted octanol–water partition coefficient (Wildman–Crippen LogP) is 4.40. The van der Waals surface area contributed by atoms with E-state index in [0.29, 0.717) is 6.61 Å². The fourth-order valence-corrected chi connectivity index (χ4v) is 3.92. The van der Waals surface area contributed by atoms with Crippen LogP contribution in [0.15, 0.2) is 47.8 Å². The largest absolute Gasteiger partial charge is 0.465 e. The summed E-state index contributed by atoms with van der Waals surface area (Å²) >= 11 is 3.03. The van der Waals surface area contributed by atoms with Gasteiger partial charge >= 0.3 is 5.97 Å². The van der Waals surface area contributed by atoms with Crippen LogP contribution in [0, 0.1) is 0 Å². The van der Waals surface area contributed by atoms with Gasteiger partial charge in [-0.3, -0.25) is 4.79 Å². The second-order valence-electron chi connectivity index (χ2n) is 4.88. The van der Waals surface area contributed by atoms with E-state index in [-0.39, 0.29) is 11.7 Å². The number of thiophene rings is 1. The standard InChI is InChI=1S/C17H16N2O2S2/c1-2-8-21-15(20)10-22-16-13-9-14(12-6-4-3-5-7-12)23-17(13)19-11-18-16/h3-7,9,11H,2,8,10H2,1H3. The van der Waals surface area contributed by atoms with Crippen LogP contribution in [0.4, 0.5) is 0 Å². The smallest absolute Gasteiger partial charge is 0.316 e. The SMILES string of the molecule is CCCOC(=O)CSc1ncnc2sc(-c3ccccc3)cc12. The van der Waals surface area contributed by atoms with Crippen LogP contribution in [0.2, 0.25) is 0 Å². The molecule has 0 aliphatic carbocycles. The lowest BCUT2D eigenvalue weighted by Crippen LogP contribution is -2.07. The van der Waals surface area contributed by atoms with Gasteiger partial charge in [0.05, 0.1) is 12.4 Å². The lowest BCUT2D eigenvalue weighted by Gasteiger charge is -2.03. The molecule has 6 heteroatoms. The molecule has 0 saturated carbocycles. The zero-order chi connectivity index (χ0) is 16.1. The number of aromatic nitrogens is 2. The van der Waals surface area contributed by atoms with Gasteiger partial charge in [-0.2, -0.15) is 0 Å². The van der Waals surface area contributed by atoms with E-state index in [4.69, 9.17) is 4.74 Å². The predicted molar refractivity (Wildman–Crippen MR) is 94.8 cm³/mol. The molecule has 0 fully saturated rings. The number of fused-ring (bicyclic) bond motifs is 1. The number of hydrogen-bond acceptors (Lipinski definition) is 6. The van der Waals surface area contributed by atoms with E-state index in [0.717, 1.165) is 32.1 Å². The van der Waals surface area contributed by atoms with Crippen molar-refractivity contribution < 1.29 is 9.53 Å². The maximum absolute atomic E-state index is 11.7. The van der Waals surface area contributed by atoms with E-state index >= 15 is 0 Å². The zero-order valence-electron chi connectivity index (χ0n) is 12.7. The van der Waals surface area contributed by atoms with Gasteiger partial charge in [0.2, 0.25) is 0 Å². The quantitative estimate of drug-likeness (QED) is 0.377. The summed E-state index contributed by atoms with van der Waals surface area (Å²) in [5.41, 5.74) is 1.16. The van der Waals surface area contributed by atoms with Gasteiger partial charge in [-0.05, 0) is 18.1 Å². The molecule has 0 aliphatic heterocycles. The van der Waals surface area contributed by atoms with Crippen LogP contribution in [0.3, 0.4) is 0 Å². The highest BCUT2D eigenvalue weighted by Gasteiger charge is 2.12. The molecule has 4 nitrogen and oxygen atoms in total. The van der Waals surface area contributed by atoms with Gasteiger partial charge in [0.25, 0.3) is 0 Å². The van der Waals surface area contributed by atoms with Crippen LogP contribution in [0.25, 0.3) is 20.7 Å². The molecule has 0 aliphatic rings. The minimum absolute atomic E-state index is 0.206. The highest BCUT2D eigenvalue weighted by atomic mass is 32.2. The van der Waals surface area contributed by atoms with Gasteiger partial charge < -0.3 is 4.74 Å². The van der Waals surface area contributed by atoms with E-state index in [1.165, 1.54) is 11.8 Å². The average Bonchev–Trinajstić information content (AvgIpc) is 3.03. The van der Waals surface area contributed by atoms with Crippen molar-refractivity contribution in [2.45, 2.75) is 18.4 Å². The molecular formula is C17H16N2O2S2. The number of hydrogen-bond donors (Lipinski definition) is 0. The van der Waals surface area contributed by atoms with Crippen LogP contribution in [-0.2, 0) is 9.53 Å². The minimum Gasteiger partial charge on any atom is -0.465 e. The first-order chi connectivity index (χ1) is 11.3. The van der Waals surface area contributed by atoms with Crippen LogP contribution in [-0.4, -0.2) is 28.3 Å². The van der Waals surface area contributed by atoms with Crippen molar-refractivity contribution in [2.75, 3.05) is 12.4 Å². The van der Waals surface area contributed by atoms with Crippen molar-refractivity contribution in [2.24, 2.45) is 0 Å². The third kappa shape index (κ3) is 3.89. The molecule has 2 heterocycles. The topological polar surface area (TPSA) is 52.1 Å². The number of rotatable bonds is 6. The van der Waals surface area contributed by atoms with Crippen molar-refractivity contribution in [3.63, 3.8) is 0 Å². The summed E-state index contributed by atoms with van der Waals surface area (Å²) < 4.78 is 5.10. The summed E-state index contributed by atoms with van der Waals surface area (Å²) in [5, 5.41) is 1.81. The number of esters is 1. The summed E-state index contributed by atoms with van der Waals surface area (Å²) in [5.74, 6) is 0.0601. The fourth-order valence-electron chi connectivity index (χ4n) is 2.08. The zero-order valence-corrected chi connectivity index (χ0v) is 14.3. The van der Waals surface area contributed by atoms with Gasteiger partial charge in [-0.1, -0.05) is 49.0 Å². The molecule has 0 atom stereocenters. The summed E-state index contributed by atoms with van der Waals surface area (Å²) in [6.45, 7) is 2.44. The lowest BCUT2D eigenvalue weighted by atomic mass is 10.2. The van der Waals surface area contributed by atoms with Gasteiger partial charge in [0.1, 0.15) is 16.2 Å². The van der Waals surface area contributed by atoms with E-state index in [1.54, 1.807) is 17.7 Å². The van der Waals surface area contributed by atoms with Crippen molar-refractivity contribution >= 4 is 39.3 Å². The Morgan fingerprint density at radius 3 is 2.87 bits per heavy atom. The molecule has 0 spiro atoms. The van der Waals surface area contributed by atoms with Crippen molar-refractivity contribution in [1.29, 1.82) is 0 Å². The number of carbonyl (C=O) groups is 1. The second kappa shape index (κ2) is 7.57. The molecular weight excluding hydrogens is 328 g/mol. The first-order valence-corrected chi connectivity index (χ1v) is 9.16. The molecule has 0 unspecified atom stereocenters. The number of carbonyl (C=O) groups excluding carboxylic acids is 1. The number of thioether (sulfide) groups is 1. The molecule has 0 N–H and O–H groups in total. The Labute approximate surface area is 142 Å². The first-order valence-electron chi connectivity index (χ1n) is 7.36. The van der Waals surface area contributed by atoms with Gasteiger partial charge in [0, 0.05) is 10.3 Å². The summed E-state index contributed by atoms with van der Waals surface area (Å²) in [7, 11) is 0. The van der Waals surface area contributed by atoms with E-state index in [1.807, 2.05) is 25.1 Å². The van der Waals surface area contributed by atoms with E-state index in [2.05, 4.69) is 28.2 Å². The summed E-state index contributed by atoms with van der Waals surface area (Å²) in [6.07, 6.45) is 2.38. The van der Waals surface area contributed by atoms with Crippen molar-refractivity contribution in [1.82, 2.24) is 9.97 Å². The Bertz CT molecular complexity index is 803. The number of ether oxygens (including phenoxy) is 1. The van der Waals surface area contributed by atoms with Crippen molar-refractivity contribution in [3.8, 4) is 10.4 Å². The first kappa shape index (κ1) is 16.0. The fraction of sp³-hybridized carbons (Fsp3) is 0.235. The molecule has 118 valence electrons. The van der Waals surface area contributed by atoms with Gasteiger partial charge in [-0.25, -0.2) is 9.97 Å². The molecule has 0 bridgehead atoms. The molecule has 3 rings (SSSR count). The minimum atomic E-state index is -0.206. The monoisotopic (exact) mass is 344 g/mol. The normalized spacial score (nSPS) is 10.8. The van der Waals surface area contributed by atoms with Crippen LogP contribution < -0.4 is 0 Å². The highest BCUT2D eigenvalue weighted by Crippen LogP contribution is 2.35. The van der Waals surface area contributed by atoms with Gasteiger partial charge in [0.15, 0.2) is 0 Å². The number of benzene rings is 1. The Kier molecular flexibility index (Phi) is 5.25. The van der Waals surface area contributed by atoms with E-state index < -0.39 is 0 Å². The lowest BCUT2D eigenvalue weighted by molar-refractivity contribution is -0.140. The molecule has 1 aromatic carbocycles. The Hall–Kier alpha value is -1.92.